The van der Waals surface area contributed by atoms with Crippen molar-refractivity contribution in [2.24, 2.45) is 4.76 Å². The van der Waals surface area contributed by atoms with Crippen LogP contribution in [0.1, 0.15) is 0 Å². The van der Waals surface area contributed by atoms with Gasteiger partial charge >= 0.3 is 7.59 Å². The van der Waals surface area contributed by atoms with Gasteiger partial charge in [-0.3, -0.25) is 0 Å². The Morgan fingerprint density at radius 2 is 1.15 bits per heavy atom. The van der Waals surface area contributed by atoms with Crippen LogP contribution in [0.15, 0.2) is 126 Å². The minimum absolute atomic E-state index is 0.401. The highest BCUT2D eigenvalue weighted by Gasteiger charge is 2.22. The Bertz CT molecular complexity index is 1360. The smallest absolute Gasteiger partial charge is 0.303 e. The number of hydrogen-bond acceptors (Lipinski definition) is 3. The van der Waals surface area contributed by atoms with Gasteiger partial charge in [-0.15, -0.1) is 0 Å². The zero-order chi connectivity index (χ0) is 23.2. The van der Waals surface area contributed by atoms with E-state index < -0.39 is 7.59 Å². The molecule has 0 bridgehead atoms. The lowest BCUT2D eigenvalue weighted by atomic mass is 10.2. The fraction of sp³-hybridized carbons (Fsp3) is 0. The van der Waals surface area contributed by atoms with Crippen LogP contribution >= 0.6 is 19.1 Å². The van der Waals surface area contributed by atoms with E-state index in [1.54, 1.807) is 0 Å². The molecule has 0 atom stereocenters. The maximum absolute atomic E-state index is 14.1. The lowest BCUT2D eigenvalue weighted by Crippen LogP contribution is -2.09. The van der Waals surface area contributed by atoms with Gasteiger partial charge in [-0.25, -0.2) is 8.52 Å². The van der Waals surface area contributed by atoms with Crippen LogP contribution in [0.4, 0.5) is 11.4 Å². The number of aromatic nitrogens is 2. The summed E-state index contributed by atoms with van der Waals surface area (Å²) in [5.41, 5.74) is 3.32. The fourth-order valence-corrected chi connectivity index (χ4v) is 6.08. The second kappa shape index (κ2) is 9.91. The predicted octanol–water partition coefficient (Wildman–Crippen LogP) is 6.83. The zero-order valence-corrected chi connectivity index (χ0v) is 19.9. The van der Waals surface area contributed by atoms with Gasteiger partial charge in [0.05, 0.1) is 5.69 Å². The molecule has 0 aliphatic heterocycles. The van der Waals surface area contributed by atoms with E-state index in [4.69, 9.17) is 4.98 Å². The maximum Gasteiger partial charge on any atom is 0.376 e. The predicted molar refractivity (Wildman–Crippen MR) is 140 cm³/mol. The number of rotatable bonds is 7. The first kappa shape index (κ1) is 21.9. The van der Waals surface area contributed by atoms with E-state index in [9.17, 15) is 4.57 Å². The van der Waals surface area contributed by atoms with E-state index in [0.29, 0.717) is 16.2 Å². The molecule has 4 aromatic carbocycles. The molecule has 5 aromatic rings. The molecule has 0 aliphatic carbocycles. The summed E-state index contributed by atoms with van der Waals surface area (Å²) in [6.45, 7) is 0. The van der Waals surface area contributed by atoms with E-state index in [1.807, 2.05) is 125 Å². The van der Waals surface area contributed by atoms with Gasteiger partial charge in [0.15, 0.2) is 5.82 Å². The molecule has 0 amide bonds. The van der Waals surface area contributed by atoms with Crippen LogP contribution < -0.4 is 15.0 Å². The van der Waals surface area contributed by atoms with Crippen LogP contribution in [0.2, 0.25) is 0 Å². The third-order valence-corrected chi connectivity index (χ3v) is 7.57. The number of para-hydroxylation sites is 3. The van der Waals surface area contributed by atoms with Crippen LogP contribution in [0.3, 0.4) is 0 Å². The summed E-state index contributed by atoms with van der Waals surface area (Å²) in [7, 11) is -3.52. The molecular weight excluding hydrogens is 461 g/mol. The molecule has 0 fully saturated rings. The lowest BCUT2D eigenvalue weighted by molar-refractivity contribution is 0.582. The van der Waals surface area contributed by atoms with Crippen molar-refractivity contribution in [2.75, 3.05) is 10.2 Å². The second-order valence-electron chi connectivity index (χ2n) is 7.44. The Morgan fingerprint density at radius 1 is 0.676 bits per heavy atom. The average Bonchev–Trinajstić information content (AvgIpc) is 3.29. The molecule has 2 N–H and O–H groups in total. The highest BCUT2D eigenvalue weighted by Crippen LogP contribution is 2.46. The maximum atomic E-state index is 14.1. The highest BCUT2D eigenvalue weighted by atomic mass is 32.1. The SMILES string of the molecule is O=P(/N=c1/nc(-c2ccccc2)n(-c2ccccc2)s1)(Nc1ccccc1)Nc1ccccc1. The number of nitrogens with zero attached hydrogens (tertiary/aromatic N) is 3. The van der Waals surface area contributed by atoms with E-state index in [2.05, 4.69) is 14.9 Å². The first-order chi connectivity index (χ1) is 16.7. The number of anilines is 2. The van der Waals surface area contributed by atoms with Crippen molar-refractivity contribution >= 4 is 30.5 Å². The molecule has 168 valence electrons. The van der Waals surface area contributed by atoms with Gasteiger partial charge in [-0.2, -0.15) is 9.75 Å². The molecule has 0 aliphatic rings. The molecule has 1 aromatic heterocycles. The Kier molecular flexibility index (Phi) is 6.38. The Hall–Kier alpha value is -3.93. The van der Waals surface area contributed by atoms with Crippen molar-refractivity contribution in [3.05, 3.63) is 126 Å². The van der Waals surface area contributed by atoms with Gasteiger partial charge in [0.2, 0.25) is 4.80 Å². The molecule has 0 unspecified atom stereocenters. The standard InChI is InChI=1S/C26H22N5OPS/c32-33(28-22-15-7-2-8-16-22,29-23-17-9-3-10-18-23)30-26-27-25(21-13-5-1-6-14-21)31(34-26)24-19-11-4-12-20-24/h1-20H,(H2,28,29,32)/b30-26-. The summed E-state index contributed by atoms with van der Waals surface area (Å²) >= 11 is 1.34. The molecule has 0 saturated carbocycles. The van der Waals surface area contributed by atoms with Crippen LogP contribution in [-0.2, 0) is 4.57 Å². The number of hydrogen-bond donors (Lipinski definition) is 2. The molecule has 6 nitrogen and oxygen atoms in total. The van der Waals surface area contributed by atoms with Gasteiger partial charge in [0.25, 0.3) is 0 Å². The van der Waals surface area contributed by atoms with Gasteiger partial charge in [-0.05, 0) is 47.9 Å². The van der Waals surface area contributed by atoms with Crippen molar-refractivity contribution in [3.8, 4) is 17.1 Å². The van der Waals surface area contributed by atoms with Crippen LogP contribution in [0, 0.1) is 0 Å². The summed E-state index contributed by atoms with van der Waals surface area (Å²) in [4.78, 5) is 5.19. The Morgan fingerprint density at radius 3 is 1.68 bits per heavy atom. The van der Waals surface area contributed by atoms with Crippen LogP contribution in [-0.4, -0.2) is 8.94 Å². The molecule has 8 heteroatoms. The van der Waals surface area contributed by atoms with Crippen molar-refractivity contribution < 1.29 is 4.57 Å². The van der Waals surface area contributed by atoms with Gasteiger partial charge in [0.1, 0.15) is 0 Å². The summed E-state index contributed by atoms with van der Waals surface area (Å²) in [5.74, 6) is 0.738. The molecule has 34 heavy (non-hydrogen) atoms. The number of benzene rings is 4. The van der Waals surface area contributed by atoms with E-state index in [0.717, 1.165) is 17.1 Å². The molecule has 0 radical (unpaired) electrons. The third kappa shape index (κ3) is 5.17. The number of nitrogens with one attached hydrogen (secondary N) is 2. The summed E-state index contributed by atoms with van der Waals surface area (Å²) < 4.78 is 20.7. The topological polar surface area (TPSA) is 71.3 Å². The molecular formula is C26H22N5OPS. The van der Waals surface area contributed by atoms with E-state index >= 15 is 0 Å². The monoisotopic (exact) mass is 483 g/mol. The summed E-state index contributed by atoms with van der Waals surface area (Å²) in [6, 6.07) is 38.7. The first-order valence-electron chi connectivity index (χ1n) is 10.7. The van der Waals surface area contributed by atoms with Crippen molar-refractivity contribution in [1.29, 1.82) is 0 Å². The van der Waals surface area contributed by atoms with Gasteiger partial charge in [-0.1, -0.05) is 84.9 Å². The van der Waals surface area contributed by atoms with Crippen molar-refractivity contribution in [3.63, 3.8) is 0 Å². The minimum Gasteiger partial charge on any atom is -0.303 e. The Balaban J connectivity index is 1.63. The zero-order valence-electron chi connectivity index (χ0n) is 18.2. The largest absolute Gasteiger partial charge is 0.376 e. The molecule has 0 spiro atoms. The van der Waals surface area contributed by atoms with Crippen molar-refractivity contribution in [1.82, 2.24) is 8.94 Å². The highest BCUT2D eigenvalue weighted by molar-refractivity contribution is 7.65. The minimum atomic E-state index is -3.52. The van der Waals surface area contributed by atoms with Crippen LogP contribution in [0.25, 0.3) is 17.1 Å². The van der Waals surface area contributed by atoms with Crippen LogP contribution in [0.5, 0.6) is 0 Å². The third-order valence-electron chi connectivity index (χ3n) is 4.92. The molecule has 1 heterocycles. The summed E-state index contributed by atoms with van der Waals surface area (Å²) in [5, 5.41) is 6.19. The first-order valence-corrected chi connectivity index (χ1v) is 13.2. The van der Waals surface area contributed by atoms with E-state index in [1.165, 1.54) is 11.5 Å². The van der Waals surface area contributed by atoms with E-state index in [-0.39, 0.29) is 0 Å². The Labute approximate surface area is 202 Å². The normalized spacial score (nSPS) is 11.8. The van der Waals surface area contributed by atoms with Gasteiger partial charge < -0.3 is 10.2 Å². The average molecular weight is 484 g/mol. The van der Waals surface area contributed by atoms with Crippen molar-refractivity contribution in [2.45, 2.75) is 0 Å². The molecule has 5 rings (SSSR count). The molecule has 0 saturated heterocycles. The quantitative estimate of drug-likeness (QED) is 0.249. The summed E-state index contributed by atoms with van der Waals surface area (Å²) in [6.07, 6.45) is 0. The second-order valence-corrected chi connectivity index (χ2v) is 10.1. The van der Waals surface area contributed by atoms with Gasteiger partial charge in [0, 0.05) is 16.9 Å². The fourth-order valence-electron chi connectivity index (χ4n) is 3.40. The lowest BCUT2D eigenvalue weighted by Gasteiger charge is -2.17.